The Balaban J connectivity index is 0.000000174. The fourth-order valence-electron chi connectivity index (χ4n) is 9.21. The van der Waals surface area contributed by atoms with Crippen LogP contribution in [0.4, 0.5) is 16.2 Å². The van der Waals surface area contributed by atoms with Crippen LogP contribution in [0.5, 0.6) is 0 Å². The van der Waals surface area contributed by atoms with Gasteiger partial charge in [0.15, 0.2) is 0 Å². The lowest BCUT2D eigenvalue weighted by atomic mass is 9.84. The molecule has 2 aliphatic carbocycles. The molecule has 4 aliphatic rings. The minimum Gasteiger partial charge on any atom is -0.444 e. The van der Waals surface area contributed by atoms with Crippen LogP contribution in [0.25, 0.3) is 20.2 Å². The van der Waals surface area contributed by atoms with E-state index >= 15 is 0 Å². The Labute approximate surface area is 338 Å². The molecule has 8 nitrogen and oxygen atoms in total. The topological polar surface area (TPSA) is 77.3 Å². The zero-order chi connectivity index (χ0) is 38.2. The summed E-state index contributed by atoms with van der Waals surface area (Å²) in [4.78, 5) is 22.4. The first kappa shape index (κ1) is 40.3. The van der Waals surface area contributed by atoms with E-state index in [4.69, 9.17) is 10.5 Å². The Morgan fingerprint density at radius 3 is 1.58 bits per heavy atom. The average molecular weight is 787 g/mol. The molecular formula is C45H66N6O2S2. The first-order valence-electron chi connectivity index (χ1n) is 21.3. The fraction of sp³-hybridized carbons (Fsp3) is 0.622. The third kappa shape index (κ3) is 11.4. The van der Waals surface area contributed by atoms with Gasteiger partial charge in [0.2, 0.25) is 0 Å². The van der Waals surface area contributed by atoms with E-state index in [0.717, 1.165) is 63.9 Å². The Kier molecular flexibility index (Phi) is 14.0. The summed E-state index contributed by atoms with van der Waals surface area (Å²) in [5.74, 6) is 1.71. The van der Waals surface area contributed by atoms with Gasteiger partial charge in [-0.3, -0.25) is 9.80 Å². The van der Waals surface area contributed by atoms with Crippen LogP contribution in [0.1, 0.15) is 85.0 Å². The molecule has 8 rings (SSSR count). The Morgan fingerprint density at radius 2 is 1.13 bits per heavy atom. The van der Waals surface area contributed by atoms with Gasteiger partial charge in [0.05, 0.1) is 0 Å². The van der Waals surface area contributed by atoms with Crippen molar-refractivity contribution in [3.8, 4) is 0 Å². The quantitative estimate of drug-likeness (QED) is 0.175. The lowest BCUT2D eigenvalue weighted by Crippen LogP contribution is -2.47. The van der Waals surface area contributed by atoms with Crippen molar-refractivity contribution in [2.24, 2.45) is 17.6 Å². The second-order valence-electron chi connectivity index (χ2n) is 17.6. The maximum Gasteiger partial charge on any atom is 0.407 e. The van der Waals surface area contributed by atoms with Gasteiger partial charge in [-0.15, -0.1) is 22.7 Å². The lowest BCUT2D eigenvalue weighted by molar-refractivity contribution is 0.0485. The lowest BCUT2D eigenvalue weighted by Gasteiger charge is -2.37. The van der Waals surface area contributed by atoms with Crippen molar-refractivity contribution in [2.75, 3.05) is 75.2 Å². The molecule has 55 heavy (non-hydrogen) atoms. The number of fused-ring (bicyclic) bond motifs is 2. The summed E-state index contributed by atoms with van der Waals surface area (Å²) < 4.78 is 8.19. The average Bonchev–Trinajstić information content (AvgIpc) is 3.88. The monoisotopic (exact) mass is 786 g/mol. The highest BCUT2D eigenvalue weighted by Gasteiger charge is 2.27. The van der Waals surface area contributed by atoms with Crippen molar-refractivity contribution < 1.29 is 9.53 Å². The molecule has 300 valence electrons. The molecule has 3 N–H and O–H groups in total. The molecule has 0 spiro atoms. The van der Waals surface area contributed by atoms with Gasteiger partial charge in [0, 0.05) is 96.0 Å². The molecule has 2 aliphatic heterocycles. The zero-order valence-corrected chi connectivity index (χ0v) is 35.4. The van der Waals surface area contributed by atoms with Crippen LogP contribution in [0.3, 0.4) is 0 Å². The highest BCUT2D eigenvalue weighted by molar-refractivity contribution is 7.17. The molecule has 2 aromatic carbocycles. The highest BCUT2D eigenvalue weighted by atomic mass is 32.1. The van der Waals surface area contributed by atoms with Gasteiger partial charge in [-0.1, -0.05) is 12.1 Å². The summed E-state index contributed by atoms with van der Waals surface area (Å²) in [5, 5.41) is 10.3. The number of ether oxygens (including phenoxy) is 1. The first-order valence-corrected chi connectivity index (χ1v) is 23.0. The third-order valence-corrected chi connectivity index (χ3v) is 14.3. The Hall–Kier alpha value is -2.89. The zero-order valence-electron chi connectivity index (χ0n) is 33.7. The molecule has 2 saturated carbocycles. The van der Waals surface area contributed by atoms with E-state index in [0.29, 0.717) is 6.04 Å². The second-order valence-corrected chi connectivity index (χ2v) is 19.5. The predicted molar refractivity (Wildman–Crippen MR) is 235 cm³/mol. The molecule has 0 bridgehead atoms. The fourth-order valence-corrected chi connectivity index (χ4v) is 10.8. The van der Waals surface area contributed by atoms with Crippen LogP contribution in [-0.4, -0.2) is 99.0 Å². The molecular weight excluding hydrogens is 721 g/mol. The van der Waals surface area contributed by atoms with E-state index in [9.17, 15) is 4.79 Å². The van der Waals surface area contributed by atoms with Gasteiger partial charge in [0.1, 0.15) is 5.60 Å². The SMILES string of the molecule is CC(C)(C)OC(=O)NC1CCC(CCN2CCN(c3cccc4sccc34)CC2)CC1.NC1CCC(CCN2CCN(c3cccc4sccc34)CC2)CC1. The Bertz CT molecular complexity index is 1770. The number of thiophene rings is 2. The molecule has 1 amide bonds. The van der Waals surface area contributed by atoms with E-state index in [-0.39, 0.29) is 12.1 Å². The van der Waals surface area contributed by atoms with Crippen molar-refractivity contribution in [3.05, 3.63) is 59.3 Å². The molecule has 4 fully saturated rings. The number of nitrogens with one attached hydrogen (secondary N) is 1. The molecule has 2 saturated heterocycles. The van der Waals surface area contributed by atoms with Crippen molar-refractivity contribution in [3.63, 3.8) is 0 Å². The van der Waals surface area contributed by atoms with Crippen LogP contribution >= 0.6 is 22.7 Å². The smallest absolute Gasteiger partial charge is 0.407 e. The number of alkyl carbamates (subject to hydrolysis) is 1. The van der Waals surface area contributed by atoms with Gasteiger partial charge in [0.25, 0.3) is 0 Å². The van der Waals surface area contributed by atoms with Gasteiger partial charge in [-0.05, 0) is 157 Å². The number of hydrogen-bond acceptors (Lipinski definition) is 9. The number of benzene rings is 2. The van der Waals surface area contributed by atoms with E-state index in [2.05, 4.69) is 84.2 Å². The number of hydrogen-bond donors (Lipinski definition) is 2. The van der Waals surface area contributed by atoms with Crippen molar-refractivity contribution >= 4 is 60.3 Å². The summed E-state index contributed by atoms with van der Waals surface area (Å²) in [6.07, 6.45) is 12.1. The van der Waals surface area contributed by atoms with Crippen LogP contribution in [0.2, 0.25) is 0 Å². The van der Waals surface area contributed by atoms with Crippen LogP contribution in [0.15, 0.2) is 59.3 Å². The molecule has 10 heteroatoms. The second kappa shape index (κ2) is 19.0. The number of nitrogens with two attached hydrogens (primary N) is 1. The Morgan fingerprint density at radius 1 is 0.673 bits per heavy atom. The van der Waals surface area contributed by atoms with Gasteiger partial charge in [-0.25, -0.2) is 4.79 Å². The van der Waals surface area contributed by atoms with Crippen molar-refractivity contribution in [1.82, 2.24) is 15.1 Å². The number of carbonyl (C=O) groups excluding carboxylic acids is 1. The molecule has 2 aromatic heterocycles. The minimum absolute atomic E-state index is 0.271. The maximum absolute atomic E-state index is 12.0. The van der Waals surface area contributed by atoms with Gasteiger partial charge in [-0.2, -0.15) is 0 Å². The molecule has 0 radical (unpaired) electrons. The normalized spacial score (nSPS) is 24.4. The van der Waals surface area contributed by atoms with E-state index < -0.39 is 5.60 Å². The number of anilines is 2. The van der Waals surface area contributed by atoms with E-state index in [1.807, 2.05) is 43.4 Å². The van der Waals surface area contributed by atoms with Gasteiger partial charge >= 0.3 is 6.09 Å². The predicted octanol–water partition coefficient (Wildman–Crippen LogP) is 9.43. The summed E-state index contributed by atoms with van der Waals surface area (Å²) in [6.45, 7) is 17.4. The van der Waals surface area contributed by atoms with E-state index in [1.165, 1.54) is 109 Å². The van der Waals surface area contributed by atoms with Gasteiger partial charge < -0.3 is 25.6 Å². The maximum atomic E-state index is 12.0. The van der Waals surface area contributed by atoms with E-state index in [1.54, 1.807) is 0 Å². The van der Waals surface area contributed by atoms with Crippen LogP contribution < -0.4 is 20.9 Å². The summed E-state index contributed by atoms with van der Waals surface area (Å²) >= 11 is 3.67. The first-order chi connectivity index (χ1) is 26.7. The number of carbonyl (C=O) groups is 1. The highest BCUT2D eigenvalue weighted by Crippen LogP contribution is 2.33. The number of piperazine rings is 2. The standard InChI is InChI=1S/C25H37N3O2S.C20H29N3S/c1-25(2,3)30-24(29)26-20-9-7-19(8-10-20)11-13-27-14-16-28(17-15-27)22-5-4-6-23-21(22)12-18-31-23;21-17-6-4-16(5-7-17)8-10-22-11-13-23(14-12-22)19-2-1-3-20-18(19)9-15-24-20/h4-6,12,18-20H,7-11,13-17H2,1-3H3,(H,26,29);1-3,9,15-17H,4-8,10-14,21H2. The van der Waals surface area contributed by atoms with Crippen LogP contribution in [0, 0.1) is 11.8 Å². The third-order valence-electron chi connectivity index (χ3n) is 12.5. The number of rotatable bonds is 9. The summed E-state index contributed by atoms with van der Waals surface area (Å²) in [7, 11) is 0. The molecule has 0 unspecified atom stereocenters. The summed E-state index contributed by atoms with van der Waals surface area (Å²) in [6, 6.07) is 18.7. The number of amides is 1. The molecule has 0 atom stereocenters. The largest absolute Gasteiger partial charge is 0.444 e. The molecule has 4 aromatic rings. The van der Waals surface area contributed by atoms with Crippen molar-refractivity contribution in [2.45, 2.75) is 103 Å². The van der Waals surface area contributed by atoms with Crippen LogP contribution in [-0.2, 0) is 4.74 Å². The number of nitrogens with zero attached hydrogens (tertiary/aromatic N) is 4. The molecule has 4 heterocycles. The van der Waals surface area contributed by atoms with Crippen molar-refractivity contribution in [1.29, 1.82) is 0 Å². The summed E-state index contributed by atoms with van der Waals surface area (Å²) in [5.41, 5.74) is 8.42. The minimum atomic E-state index is -0.429.